The molecule has 0 atom stereocenters. The van der Waals surface area contributed by atoms with Gasteiger partial charge in [-0.25, -0.2) is 4.39 Å². The fraction of sp³-hybridized carbons (Fsp3) is 0.588. The molecule has 0 spiro atoms. The molecular formula is C17H30FIN4O. The molecule has 0 aliphatic carbocycles. The van der Waals surface area contributed by atoms with Gasteiger partial charge in [-0.1, -0.05) is 12.1 Å². The summed E-state index contributed by atoms with van der Waals surface area (Å²) in [7, 11) is 5.56. The third-order valence-corrected chi connectivity index (χ3v) is 3.58. The first-order valence-corrected chi connectivity index (χ1v) is 7.94. The predicted octanol–water partition coefficient (Wildman–Crippen LogP) is 2.39. The second-order valence-electron chi connectivity index (χ2n) is 5.59. The summed E-state index contributed by atoms with van der Waals surface area (Å²) in [5.74, 6) is 0.574. The largest absolute Gasteiger partial charge is 0.385 e. The highest BCUT2D eigenvalue weighted by Crippen LogP contribution is 2.08. The number of ether oxygens (including phenoxy) is 1. The lowest BCUT2D eigenvalue weighted by atomic mass is 10.1. The van der Waals surface area contributed by atoms with Crippen LogP contribution in [0.3, 0.4) is 0 Å². The summed E-state index contributed by atoms with van der Waals surface area (Å²) in [5, 5.41) is 6.52. The van der Waals surface area contributed by atoms with Crippen LogP contribution in [-0.4, -0.2) is 58.3 Å². The molecule has 0 saturated carbocycles. The van der Waals surface area contributed by atoms with Crippen LogP contribution in [0.1, 0.15) is 17.5 Å². The molecule has 0 heterocycles. The number of nitrogens with zero attached hydrogens (tertiary/aromatic N) is 2. The number of likely N-dealkylation sites (N-methyl/N-ethyl adjacent to an activating group) is 1. The number of methoxy groups -OCH3 is 1. The van der Waals surface area contributed by atoms with Crippen LogP contribution in [0.25, 0.3) is 0 Å². The van der Waals surface area contributed by atoms with E-state index in [-0.39, 0.29) is 29.8 Å². The fourth-order valence-electron chi connectivity index (χ4n) is 2.18. The van der Waals surface area contributed by atoms with Crippen molar-refractivity contribution >= 4 is 29.9 Å². The summed E-state index contributed by atoms with van der Waals surface area (Å²) in [6, 6.07) is 5.13. The summed E-state index contributed by atoms with van der Waals surface area (Å²) < 4.78 is 18.3. The smallest absolute Gasteiger partial charge is 0.191 e. The number of guanidine groups is 1. The molecule has 1 aromatic rings. The van der Waals surface area contributed by atoms with E-state index in [1.807, 2.05) is 6.07 Å². The highest BCUT2D eigenvalue weighted by molar-refractivity contribution is 14.0. The quantitative estimate of drug-likeness (QED) is 0.262. The zero-order valence-electron chi connectivity index (χ0n) is 15.1. The fourth-order valence-corrected chi connectivity index (χ4v) is 2.18. The van der Waals surface area contributed by atoms with E-state index in [1.165, 1.54) is 6.07 Å². The monoisotopic (exact) mass is 452 g/mol. The molecule has 138 valence electrons. The number of aliphatic imine (C=N–C) groups is 1. The Morgan fingerprint density at radius 1 is 1.29 bits per heavy atom. The number of halogens is 2. The first-order valence-electron chi connectivity index (χ1n) is 7.94. The van der Waals surface area contributed by atoms with Crippen LogP contribution in [0.5, 0.6) is 0 Å². The van der Waals surface area contributed by atoms with Crippen molar-refractivity contribution in [1.29, 1.82) is 0 Å². The third-order valence-electron chi connectivity index (χ3n) is 3.58. The van der Waals surface area contributed by atoms with Gasteiger partial charge in [-0.2, -0.15) is 0 Å². The molecule has 24 heavy (non-hydrogen) atoms. The number of rotatable bonds is 9. The van der Waals surface area contributed by atoms with Crippen LogP contribution in [-0.2, 0) is 11.3 Å². The number of aryl methyl sites for hydroxylation is 1. The number of hydrogen-bond acceptors (Lipinski definition) is 3. The van der Waals surface area contributed by atoms with Crippen molar-refractivity contribution in [3.8, 4) is 0 Å². The lowest BCUT2D eigenvalue weighted by Crippen LogP contribution is -2.40. The van der Waals surface area contributed by atoms with E-state index in [0.29, 0.717) is 12.1 Å². The van der Waals surface area contributed by atoms with Crippen molar-refractivity contribution in [2.24, 2.45) is 4.99 Å². The van der Waals surface area contributed by atoms with Crippen molar-refractivity contribution < 1.29 is 9.13 Å². The summed E-state index contributed by atoms with van der Waals surface area (Å²) in [5.41, 5.74) is 1.69. The molecule has 0 fully saturated rings. The lowest BCUT2D eigenvalue weighted by molar-refractivity contribution is 0.180. The van der Waals surface area contributed by atoms with E-state index in [9.17, 15) is 4.39 Å². The first kappa shape index (κ1) is 23.1. The standard InChI is InChI=1S/C17H29FN4O.HI/c1-14-12-15(6-7-16(14)18)13-21-17(19-2)20-8-10-22(3)9-5-11-23-4;/h6-7,12H,5,8-11,13H2,1-4H3,(H2,19,20,21);1H. The van der Waals surface area contributed by atoms with E-state index in [1.54, 1.807) is 27.1 Å². The molecule has 0 unspecified atom stereocenters. The average Bonchev–Trinajstić information content (AvgIpc) is 2.54. The van der Waals surface area contributed by atoms with Crippen molar-refractivity contribution in [1.82, 2.24) is 15.5 Å². The maximum atomic E-state index is 13.2. The molecule has 1 rings (SSSR count). The van der Waals surface area contributed by atoms with Gasteiger partial charge in [0, 0.05) is 46.9 Å². The molecule has 0 aliphatic rings. The predicted molar refractivity (Wildman–Crippen MR) is 109 cm³/mol. The molecule has 0 bridgehead atoms. The molecule has 1 aromatic carbocycles. The second kappa shape index (κ2) is 13.4. The van der Waals surface area contributed by atoms with Crippen LogP contribution in [0.15, 0.2) is 23.2 Å². The zero-order valence-corrected chi connectivity index (χ0v) is 17.4. The minimum Gasteiger partial charge on any atom is -0.385 e. The molecule has 5 nitrogen and oxygen atoms in total. The highest BCUT2D eigenvalue weighted by Gasteiger charge is 2.02. The number of hydrogen-bond donors (Lipinski definition) is 2. The highest BCUT2D eigenvalue weighted by atomic mass is 127. The lowest BCUT2D eigenvalue weighted by Gasteiger charge is -2.18. The molecule has 0 radical (unpaired) electrons. The number of nitrogens with one attached hydrogen (secondary N) is 2. The van der Waals surface area contributed by atoms with Crippen LogP contribution in [0.4, 0.5) is 4.39 Å². The maximum absolute atomic E-state index is 13.2. The van der Waals surface area contributed by atoms with Crippen molar-refractivity contribution in [2.75, 3.05) is 47.4 Å². The van der Waals surface area contributed by atoms with Crippen molar-refractivity contribution in [3.63, 3.8) is 0 Å². The number of benzene rings is 1. The Balaban J connectivity index is 0.00000529. The summed E-state index contributed by atoms with van der Waals surface area (Å²) in [4.78, 5) is 6.45. The molecule has 0 amide bonds. The Hall–Kier alpha value is -0.930. The molecule has 0 aliphatic heterocycles. The molecule has 2 N–H and O–H groups in total. The molecule has 7 heteroatoms. The Kier molecular flexibility index (Phi) is 12.9. The van der Waals surface area contributed by atoms with Crippen LogP contribution < -0.4 is 10.6 Å². The van der Waals surface area contributed by atoms with Crippen molar-refractivity contribution in [2.45, 2.75) is 19.9 Å². The van der Waals surface area contributed by atoms with Gasteiger partial charge in [0.25, 0.3) is 0 Å². The maximum Gasteiger partial charge on any atom is 0.191 e. The zero-order chi connectivity index (χ0) is 17.1. The van der Waals surface area contributed by atoms with Gasteiger partial charge >= 0.3 is 0 Å². The van der Waals surface area contributed by atoms with Gasteiger partial charge in [-0.3, -0.25) is 4.99 Å². The van der Waals surface area contributed by atoms with E-state index < -0.39 is 0 Å². The van der Waals surface area contributed by atoms with E-state index in [2.05, 4.69) is 27.6 Å². The van der Waals surface area contributed by atoms with Gasteiger partial charge in [0.15, 0.2) is 5.96 Å². The minimum absolute atomic E-state index is 0. The van der Waals surface area contributed by atoms with Gasteiger partial charge in [-0.05, 0) is 37.6 Å². The second-order valence-corrected chi connectivity index (χ2v) is 5.59. The molecule has 0 aromatic heterocycles. The summed E-state index contributed by atoms with van der Waals surface area (Å²) >= 11 is 0. The summed E-state index contributed by atoms with van der Waals surface area (Å²) in [6.07, 6.45) is 1.03. The van der Waals surface area contributed by atoms with Gasteiger partial charge in [0.2, 0.25) is 0 Å². The van der Waals surface area contributed by atoms with Gasteiger partial charge in [-0.15, -0.1) is 24.0 Å². The van der Waals surface area contributed by atoms with Crippen molar-refractivity contribution in [3.05, 3.63) is 35.1 Å². The topological polar surface area (TPSA) is 48.9 Å². The first-order chi connectivity index (χ1) is 11.1. The Morgan fingerprint density at radius 3 is 2.67 bits per heavy atom. The Labute approximate surface area is 162 Å². The van der Waals surface area contributed by atoms with Crippen LogP contribution in [0, 0.1) is 12.7 Å². The molecular weight excluding hydrogens is 422 g/mol. The van der Waals surface area contributed by atoms with Gasteiger partial charge in [0.05, 0.1) is 0 Å². The van der Waals surface area contributed by atoms with Gasteiger partial charge < -0.3 is 20.3 Å². The van der Waals surface area contributed by atoms with E-state index >= 15 is 0 Å². The van der Waals surface area contributed by atoms with Crippen LogP contribution in [0.2, 0.25) is 0 Å². The minimum atomic E-state index is -0.173. The van der Waals surface area contributed by atoms with Crippen LogP contribution >= 0.6 is 24.0 Å². The van der Waals surface area contributed by atoms with E-state index in [0.717, 1.165) is 44.2 Å². The van der Waals surface area contributed by atoms with Gasteiger partial charge in [0.1, 0.15) is 5.82 Å². The SMILES string of the molecule is CN=C(NCCN(C)CCCOC)NCc1ccc(F)c(C)c1.I. The van der Waals surface area contributed by atoms with E-state index in [4.69, 9.17) is 4.74 Å². The molecule has 0 saturated heterocycles. The third kappa shape index (κ3) is 9.39. The Morgan fingerprint density at radius 2 is 2.04 bits per heavy atom. The normalized spacial score (nSPS) is 11.3. The Bertz CT molecular complexity index is 499. The average molecular weight is 452 g/mol. The summed E-state index contributed by atoms with van der Waals surface area (Å²) in [6.45, 7) is 5.93.